The normalized spacial score (nSPS) is 14.9. The third-order valence-corrected chi connectivity index (χ3v) is 5.38. The molecule has 0 saturated heterocycles. The minimum absolute atomic E-state index is 0.0951. The van der Waals surface area contributed by atoms with Gasteiger partial charge in [0.15, 0.2) is 0 Å². The van der Waals surface area contributed by atoms with Crippen LogP contribution >= 0.6 is 0 Å². The molecule has 1 fully saturated rings. The number of ether oxygens (including phenoxy) is 1. The number of allylic oxidation sites excluding steroid dienone is 1. The number of nitrogens with two attached hydrogens (primary N) is 1. The zero-order valence-corrected chi connectivity index (χ0v) is 17.3. The van der Waals surface area contributed by atoms with Gasteiger partial charge in [0.05, 0.1) is 24.4 Å². The second-order valence-corrected chi connectivity index (χ2v) is 7.23. The lowest BCUT2D eigenvalue weighted by atomic mass is 9.88. The van der Waals surface area contributed by atoms with Gasteiger partial charge in [-0.3, -0.25) is 9.78 Å². The molecule has 0 aliphatic heterocycles. The number of rotatable bonds is 7. The highest BCUT2D eigenvalue weighted by Gasteiger charge is 2.46. The van der Waals surface area contributed by atoms with Crippen molar-refractivity contribution in [3.63, 3.8) is 0 Å². The largest absolute Gasteiger partial charge is 0.465 e. The molecule has 1 amide bonds. The van der Waals surface area contributed by atoms with Crippen molar-refractivity contribution in [1.82, 2.24) is 10.3 Å². The molecule has 0 atom stereocenters. The van der Waals surface area contributed by atoms with Crippen molar-refractivity contribution in [3.8, 4) is 0 Å². The van der Waals surface area contributed by atoms with Crippen LogP contribution in [-0.2, 0) is 10.2 Å². The number of esters is 1. The Morgan fingerprint density at radius 3 is 2.55 bits per heavy atom. The van der Waals surface area contributed by atoms with E-state index in [0.29, 0.717) is 5.56 Å². The first kappa shape index (κ1) is 21.9. The highest BCUT2D eigenvalue weighted by molar-refractivity contribution is 5.96. The van der Waals surface area contributed by atoms with Gasteiger partial charge in [-0.25, -0.2) is 14.2 Å². The number of nitrogens with zero attached hydrogens (tertiary/aromatic N) is 2. The maximum Gasteiger partial charge on any atom is 0.337 e. The summed E-state index contributed by atoms with van der Waals surface area (Å²) in [5.41, 5.74) is 7.83. The predicted molar refractivity (Wildman–Crippen MR) is 115 cm³/mol. The van der Waals surface area contributed by atoms with Gasteiger partial charge >= 0.3 is 5.97 Å². The zero-order valence-electron chi connectivity index (χ0n) is 17.3. The van der Waals surface area contributed by atoms with Crippen LogP contribution in [0.5, 0.6) is 0 Å². The van der Waals surface area contributed by atoms with Gasteiger partial charge < -0.3 is 15.8 Å². The molecular formula is C23H23FN4O3. The second-order valence-electron chi connectivity index (χ2n) is 7.23. The highest BCUT2D eigenvalue weighted by Crippen LogP contribution is 2.52. The summed E-state index contributed by atoms with van der Waals surface area (Å²) in [5, 5.41) is 2.54. The van der Waals surface area contributed by atoms with Crippen LogP contribution in [0.3, 0.4) is 0 Å². The summed E-state index contributed by atoms with van der Waals surface area (Å²) >= 11 is 0. The third kappa shape index (κ3) is 4.53. The lowest BCUT2D eigenvalue weighted by molar-refractivity contribution is 0.0600. The molecule has 1 heterocycles. The summed E-state index contributed by atoms with van der Waals surface area (Å²) in [5.74, 6) is -1.43. The third-order valence-electron chi connectivity index (χ3n) is 5.38. The van der Waals surface area contributed by atoms with Gasteiger partial charge in [-0.1, -0.05) is 18.7 Å². The van der Waals surface area contributed by atoms with E-state index in [1.54, 1.807) is 18.3 Å². The van der Waals surface area contributed by atoms with Crippen LogP contribution in [0.1, 0.15) is 44.7 Å². The number of benzene rings is 1. The van der Waals surface area contributed by atoms with E-state index in [4.69, 9.17) is 10.5 Å². The molecule has 1 aliphatic carbocycles. The maximum absolute atomic E-state index is 13.7. The first-order chi connectivity index (χ1) is 14.8. The van der Waals surface area contributed by atoms with E-state index in [9.17, 15) is 14.0 Å². The van der Waals surface area contributed by atoms with E-state index in [2.05, 4.69) is 21.9 Å². The molecule has 0 radical (unpaired) electrons. The SMILES string of the molecule is C=C(/C=N\C(=C/N)NC(=O)c1cncc(F)c1C)C1(c2ccc(C(=O)OC)cc2)CC1. The molecule has 0 unspecified atom stereocenters. The average molecular weight is 422 g/mol. The molecule has 1 aromatic heterocycles. The van der Waals surface area contributed by atoms with Crippen molar-refractivity contribution >= 4 is 18.1 Å². The number of aromatic nitrogens is 1. The van der Waals surface area contributed by atoms with Gasteiger partial charge in [0.2, 0.25) is 0 Å². The Morgan fingerprint density at radius 2 is 1.97 bits per heavy atom. The summed E-state index contributed by atoms with van der Waals surface area (Å²) in [6.07, 6.45) is 6.79. The number of carbonyl (C=O) groups excluding carboxylic acids is 2. The van der Waals surface area contributed by atoms with E-state index in [1.807, 2.05) is 12.1 Å². The van der Waals surface area contributed by atoms with Crippen molar-refractivity contribution in [3.05, 3.63) is 88.9 Å². The first-order valence-electron chi connectivity index (χ1n) is 9.58. The van der Waals surface area contributed by atoms with Gasteiger partial charge in [0.1, 0.15) is 11.6 Å². The molecule has 1 saturated carbocycles. The lowest BCUT2D eigenvalue weighted by Gasteiger charge is -2.16. The Morgan fingerprint density at radius 1 is 1.29 bits per heavy atom. The highest BCUT2D eigenvalue weighted by atomic mass is 19.1. The number of aliphatic imine (C=N–C) groups is 1. The standard InChI is InChI=1S/C23H23FN4O3/c1-14(23(8-9-23)17-6-4-16(5-7-17)22(30)31-3)11-27-20(10-25)28-21(29)18-12-26-13-19(24)15(18)2/h4-7,10-13H,1,8-9,25H2,2-3H3,(H,28,29)/b20-10+,27-11-. The van der Waals surface area contributed by atoms with Gasteiger partial charge in [0.25, 0.3) is 5.91 Å². The maximum atomic E-state index is 13.7. The van der Waals surface area contributed by atoms with Crippen molar-refractivity contribution < 1.29 is 18.7 Å². The van der Waals surface area contributed by atoms with Crippen LogP contribution in [0.15, 0.2) is 65.8 Å². The molecule has 0 bridgehead atoms. The quantitative estimate of drug-likeness (QED) is 0.527. The van der Waals surface area contributed by atoms with Gasteiger partial charge in [-0.2, -0.15) is 0 Å². The number of halogens is 1. The van der Waals surface area contributed by atoms with E-state index in [0.717, 1.165) is 36.4 Å². The van der Waals surface area contributed by atoms with Crippen LogP contribution in [0.25, 0.3) is 0 Å². The van der Waals surface area contributed by atoms with Crippen molar-refractivity contribution in [1.29, 1.82) is 0 Å². The van der Waals surface area contributed by atoms with E-state index >= 15 is 0 Å². The molecular weight excluding hydrogens is 399 g/mol. The number of methoxy groups -OCH3 is 1. The van der Waals surface area contributed by atoms with E-state index in [-0.39, 0.29) is 22.4 Å². The fourth-order valence-corrected chi connectivity index (χ4v) is 3.26. The van der Waals surface area contributed by atoms with Crippen LogP contribution in [0.2, 0.25) is 0 Å². The van der Waals surface area contributed by atoms with Gasteiger partial charge in [-0.15, -0.1) is 0 Å². The van der Waals surface area contributed by atoms with Crippen LogP contribution in [0.4, 0.5) is 4.39 Å². The molecule has 2 aromatic rings. The van der Waals surface area contributed by atoms with Gasteiger partial charge in [0, 0.05) is 29.6 Å². The van der Waals surface area contributed by atoms with Crippen LogP contribution < -0.4 is 11.1 Å². The molecule has 160 valence electrons. The van der Waals surface area contributed by atoms with Crippen LogP contribution in [-0.4, -0.2) is 30.2 Å². The molecule has 7 nitrogen and oxygen atoms in total. The first-order valence-corrected chi connectivity index (χ1v) is 9.58. The Labute approximate surface area is 179 Å². The number of carbonyl (C=O) groups is 2. The fourth-order valence-electron chi connectivity index (χ4n) is 3.26. The average Bonchev–Trinajstić information content (AvgIpc) is 3.59. The molecule has 0 spiro atoms. The fraction of sp³-hybridized carbons (Fsp3) is 0.217. The molecule has 8 heteroatoms. The number of hydrogen-bond acceptors (Lipinski definition) is 6. The van der Waals surface area contributed by atoms with Crippen molar-refractivity contribution in [2.45, 2.75) is 25.2 Å². The molecule has 1 aromatic carbocycles. The lowest BCUT2D eigenvalue weighted by Crippen LogP contribution is -2.24. The summed E-state index contributed by atoms with van der Waals surface area (Å²) in [6.45, 7) is 5.62. The van der Waals surface area contributed by atoms with Crippen LogP contribution in [0, 0.1) is 12.7 Å². The Balaban J connectivity index is 1.71. The number of hydrogen-bond donors (Lipinski definition) is 2. The molecule has 3 rings (SSSR count). The van der Waals surface area contributed by atoms with Crippen molar-refractivity contribution in [2.75, 3.05) is 7.11 Å². The van der Waals surface area contributed by atoms with Crippen molar-refractivity contribution in [2.24, 2.45) is 10.7 Å². The van der Waals surface area contributed by atoms with E-state index in [1.165, 1.54) is 20.2 Å². The zero-order chi connectivity index (χ0) is 22.6. The summed E-state index contributed by atoms with van der Waals surface area (Å²) in [6, 6.07) is 7.18. The number of pyridine rings is 1. The van der Waals surface area contributed by atoms with E-state index < -0.39 is 17.7 Å². The van der Waals surface area contributed by atoms with Gasteiger partial charge in [-0.05, 0) is 43.0 Å². The Kier molecular flexibility index (Phi) is 6.29. The molecule has 31 heavy (non-hydrogen) atoms. The molecule has 1 aliphatic rings. The summed E-state index contributed by atoms with van der Waals surface area (Å²) in [4.78, 5) is 32.0. The second kappa shape index (κ2) is 8.91. The number of amides is 1. The topological polar surface area (TPSA) is 107 Å². The monoisotopic (exact) mass is 422 g/mol. The minimum atomic E-state index is -0.572. The number of nitrogens with one attached hydrogen (secondary N) is 1. The smallest absolute Gasteiger partial charge is 0.337 e. The Hall–Kier alpha value is -3.81. The predicted octanol–water partition coefficient (Wildman–Crippen LogP) is 3.16. The Bertz CT molecular complexity index is 1090. The summed E-state index contributed by atoms with van der Waals surface area (Å²) < 4.78 is 18.4. The summed E-state index contributed by atoms with van der Waals surface area (Å²) in [7, 11) is 1.34. The minimum Gasteiger partial charge on any atom is -0.465 e. The molecule has 3 N–H and O–H groups in total.